The molecule has 0 aliphatic carbocycles. The topological polar surface area (TPSA) is 47.8 Å². The van der Waals surface area contributed by atoms with E-state index < -0.39 is 5.24 Å². The number of rotatable bonds is 3. The molecule has 6 heteroatoms. The van der Waals surface area contributed by atoms with Gasteiger partial charge in [-0.05, 0) is 45.8 Å². The third-order valence-corrected chi connectivity index (χ3v) is 3.25. The van der Waals surface area contributed by atoms with E-state index in [1.165, 1.54) is 11.0 Å². The van der Waals surface area contributed by atoms with Gasteiger partial charge in [0.05, 0.1) is 12.7 Å². The fraction of sp³-hybridized carbons (Fsp3) is 0.100. The Bertz CT molecular complexity index is 526. The third kappa shape index (κ3) is 2.59. The molecule has 0 radical (unpaired) electrons. The maximum absolute atomic E-state index is 10.8. The van der Waals surface area contributed by atoms with Crippen LogP contribution in [-0.4, -0.2) is 20.2 Å². The van der Waals surface area contributed by atoms with E-state index in [4.69, 9.17) is 11.6 Å². The molecule has 1 aromatic heterocycles. The molecule has 0 amide bonds. The summed E-state index contributed by atoms with van der Waals surface area (Å²) in [6.07, 6.45) is 1.37. The van der Waals surface area contributed by atoms with E-state index in [0.29, 0.717) is 6.54 Å². The minimum absolute atomic E-state index is 0.174. The summed E-state index contributed by atoms with van der Waals surface area (Å²) in [5, 5.41) is 7.35. The lowest BCUT2D eigenvalue weighted by molar-refractivity contribution is 0.107. The lowest BCUT2D eigenvalue weighted by Crippen LogP contribution is -2.05. The molecule has 1 heterocycles. The highest BCUT2D eigenvalue weighted by Crippen LogP contribution is 2.12. The van der Waals surface area contributed by atoms with Gasteiger partial charge >= 0.3 is 0 Å². The Morgan fingerprint density at radius 2 is 2.19 bits per heavy atom. The van der Waals surface area contributed by atoms with Crippen LogP contribution in [0, 0.1) is 3.57 Å². The van der Waals surface area contributed by atoms with Gasteiger partial charge < -0.3 is 0 Å². The lowest BCUT2D eigenvalue weighted by atomic mass is 10.2. The molecule has 16 heavy (non-hydrogen) atoms. The first-order chi connectivity index (χ1) is 7.66. The molecule has 0 saturated heterocycles. The highest BCUT2D eigenvalue weighted by molar-refractivity contribution is 14.1. The van der Waals surface area contributed by atoms with Crippen molar-refractivity contribution in [3.8, 4) is 0 Å². The van der Waals surface area contributed by atoms with Crippen LogP contribution < -0.4 is 0 Å². The van der Waals surface area contributed by atoms with Crippen molar-refractivity contribution in [1.82, 2.24) is 15.0 Å². The Labute approximate surface area is 111 Å². The van der Waals surface area contributed by atoms with Crippen LogP contribution >= 0.6 is 34.2 Å². The molecule has 2 aromatic rings. The molecule has 2 rings (SSSR count). The molecule has 0 N–H and O–H groups in total. The molecule has 0 aliphatic rings. The monoisotopic (exact) mass is 347 g/mol. The minimum Gasteiger partial charge on any atom is -0.274 e. The second-order valence-electron chi connectivity index (χ2n) is 3.13. The van der Waals surface area contributed by atoms with Crippen molar-refractivity contribution >= 4 is 39.4 Å². The molecule has 4 nitrogen and oxygen atoms in total. The van der Waals surface area contributed by atoms with Crippen LogP contribution in [0.5, 0.6) is 0 Å². The number of aromatic nitrogens is 3. The average Bonchev–Trinajstić information content (AvgIpc) is 2.70. The molecule has 0 bridgehead atoms. The highest BCUT2D eigenvalue weighted by atomic mass is 127. The number of hydrogen-bond acceptors (Lipinski definition) is 3. The first-order valence-electron chi connectivity index (χ1n) is 4.50. The summed E-state index contributed by atoms with van der Waals surface area (Å²) in [6.45, 7) is 0.531. The SMILES string of the molecule is O=C(Cl)c1cnn(Cc2ccccc2I)n1. The van der Waals surface area contributed by atoms with Gasteiger partial charge in [0, 0.05) is 3.57 Å². The Balaban J connectivity index is 2.21. The first-order valence-corrected chi connectivity index (χ1v) is 5.96. The van der Waals surface area contributed by atoms with Crippen LogP contribution in [0.15, 0.2) is 30.5 Å². The first kappa shape index (κ1) is 11.5. The summed E-state index contributed by atoms with van der Waals surface area (Å²) < 4.78 is 1.14. The number of benzene rings is 1. The number of nitrogens with zero attached hydrogens (tertiary/aromatic N) is 3. The summed E-state index contributed by atoms with van der Waals surface area (Å²) in [4.78, 5) is 12.3. The molecular formula is C10H7ClIN3O. The van der Waals surface area contributed by atoms with E-state index in [9.17, 15) is 4.79 Å². The highest BCUT2D eigenvalue weighted by Gasteiger charge is 2.08. The Morgan fingerprint density at radius 3 is 2.81 bits per heavy atom. The molecule has 1 aromatic carbocycles. The van der Waals surface area contributed by atoms with Crippen molar-refractivity contribution in [3.05, 3.63) is 45.3 Å². The molecule has 0 saturated carbocycles. The van der Waals surface area contributed by atoms with Gasteiger partial charge in [-0.3, -0.25) is 4.79 Å². The van der Waals surface area contributed by atoms with Crippen LogP contribution in [-0.2, 0) is 6.54 Å². The fourth-order valence-electron chi connectivity index (χ4n) is 1.24. The minimum atomic E-state index is -0.589. The van der Waals surface area contributed by atoms with Gasteiger partial charge in [0.25, 0.3) is 5.24 Å². The summed E-state index contributed by atoms with van der Waals surface area (Å²) >= 11 is 7.54. The molecule has 0 unspecified atom stereocenters. The zero-order chi connectivity index (χ0) is 11.5. The summed E-state index contributed by atoms with van der Waals surface area (Å²) in [5.41, 5.74) is 1.28. The van der Waals surface area contributed by atoms with Gasteiger partial charge in [0.2, 0.25) is 0 Å². The lowest BCUT2D eigenvalue weighted by Gasteiger charge is -2.02. The van der Waals surface area contributed by atoms with E-state index in [0.717, 1.165) is 9.13 Å². The van der Waals surface area contributed by atoms with Crippen molar-refractivity contribution in [1.29, 1.82) is 0 Å². The maximum Gasteiger partial charge on any atom is 0.274 e. The van der Waals surface area contributed by atoms with Crippen LogP contribution in [0.2, 0.25) is 0 Å². The quantitative estimate of drug-likeness (QED) is 0.632. The smallest absolute Gasteiger partial charge is 0.274 e. The maximum atomic E-state index is 10.8. The van der Waals surface area contributed by atoms with Gasteiger partial charge in [-0.2, -0.15) is 9.90 Å². The van der Waals surface area contributed by atoms with Crippen molar-refractivity contribution in [2.45, 2.75) is 6.54 Å². The van der Waals surface area contributed by atoms with Gasteiger partial charge in [-0.15, -0.1) is 5.10 Å². The fourth-order valence-corrected chi connectivity index (χ4v) is 1.89. The molecule has 0 atom stereocenters. The zero-order valence-corrected chi connectivity index (χ0v) is 11.0. The van der Waals surface area contributed by atoms with Crippen LogP contribution in [0.4, 0.5) is 0 Å². The van der Waals surface area contributed by atoms with Crippen molar-refractivity contribution < 1.29 is 4.79 Å². The van der Waals surface area contributed by atoms with Gasteiger partial charge in [0.1, 0.15) is 0 Å². The molecule has 0 spiro atoms. The van der Waals surface area contributed by atoms with Gasteiger partial charge in [-0.25, -0.2) is 0 Å². The summed E-state index contributed by atoms with van der Waals surface area (Å²) in [5.74, 6) is 0. The third-order valence-electron chi connectivity index (χ3n) is 2.01. The molecule has 82 valence electrons. The van der Waals surface area contributed by atoms with E-state index in [1.54, 1.807) is 0 Å². The van der Waals surface area contributed by atoms with E-state index in [-0.39, 0.29) is 5.69 Å². The number of carbonyl (C=O) groups is 1. The summed E-state index contributed by atoms with van der Waals surface area (Å²) in [7, 11) is 0. The Hall–Kier alpha value is -0.950. The number of hydrogen-bond donors (Lipinski definition) is 0. The van der Waals surface area contributed by atoms with Crippen LogP contribution in [0.1, 0.15) is 16.1 Å². The number of halogens is 2. The molecule has 0 fully saturated rings. The second-order valence-corrected chi connectivity index (χ2v) is 4.63. The summed E-state index contributed by atoms with van der Waals surface area (Å²) in [6, 6.07) is 7.92. The Kier molecular flexibility index (Phi) is 3.55. The molecular weight excluding hydrogens is 340 g/mol. The Morgan fingerprint density at radius 1 is 1.44 bits per heavy atom. The van der Waals surface area contributed by atoms with E-state index in [1.807, 2.05) is 24.3 Å². The standard InChI is InChI=1S/C10H7ClIN3O/c11-10(16)9-5-13-15(14-9)6-7-3-1-2-4-8(7)12/h1-5H,6H2. The van der Waals surface area contributed by atoms with E-state index >= 15 is 0 Å². The van der Waals surface area contributed by atoms with Crippen molar-refractivity contribution in [2.75, 3.05) is 0 Å². The molecule has 0 aliphatic heterocycles. The predicted octanol–water partition coefficient (Wildman–Crippen LogP) is 2.31. The van der Waals surface area contributed by atoms with E-state index in [2.05, 4.69) is 32.8 Å². The van der Waals surface area contributed by atoms with Crippen molar-refractivity contribution in [2.24, 2.45) is 0 Å². The van der Waals surface area contributed by atoms with Crippen LogP contribution in [0.25, 0.3) is 0 Å². The van der Waals surface area contributed by atoms with Gasteiger partial charge in [-0.1, -0.05) is 18.2 Å². The normalized spacial score (nSPS) is 10.4. The zero-order valence-electron chi connectivity index (χ0n) is 8.10. The predicted molar refractivity (Wildman–Crippen MR) is 68.5 cm³/mol. The second kappa shape index (κ2) is 4.92. The van der Waals surface area contributed by atoms with Crippen LogP contribution in [0.3, 0.4) is 0 Å². The van der Waals surface area contributed by atoms with Crippen molar-refractivity contribution in [3.63, 3.8) is 0 Å². The number of carbonyl (C=O) groups excluding carboxylic acids is 1. The average molecular weight is 348 g/mol. The largest absolute Gasteiger partial charge is 0.274 e. The van der Waals surface area contributed by atoms with Gasteiger partial charge in [0.15, 0.2) is 5.69 Å².